The molecule has 2 unspecified atom stereocenters. The summed E-state index contributed by atoms with van der Waals surface area (Å²) < 4.78 is 24.9. The Hall–Kier alpha value is -0.660. The predicted molar refractivity (Wildman–Crippen MR) is 75.1 cm³/mol. The summed E-state index contributed by atoms with van der Waals surface area (Å²) in [7, 11) is -3.46. The van der Waals surface area contributed by atoms with Crippen molar-refractivity contribution in [3.05, 3.63) is 0 Å². The third-order valence-corrected chi connectivity index (χ3v) is 3.65. The second-order valence-electron chi connectivity index (χ2n) is 5.63. The fourth-order valence-corrected chi connectivity index (χ4v) is 2.28. The van der Waals surface area contributed by atoms with Crippen LogP contribution in [0.4, 0.5) is 0 Å². The van der Waals surface area contributed by atoms with E-state index in [0.717, 1.165) is 6.26 Å². The maximum atomic E-state index is 12.1. The van der Waals surface area contributed by atoms with E-state index in [9.17, 15) is 18.3 Å². The van der Waals surface area contributed by atoms with Crippen LogP contribution < -0.4 is 10.0 Å². The molecule has 0 spiro atoms. The highest BCUT2D eigenvalue weighted by Crippen LogP contribution is 2.11. The van der Waals surface area contributed by atoms with Crippen molar-refractivity contribution in [2.24, 2.45) is 5.92 Å². The Balaban J connectivity index is 4.91. The van der Waals surface area contributed by atoms with Gasteiger partial charge in [0.05, 0.1) is 18.4 Å². The number of nitrogens with one attached hydrogen (secondary N) is 2. The molecule has 0 aromatic carbocycles. The van der Waals surface area contributed by atoms with Crippen LogP contribution in [0.15, 0.2) is 0 Å². The van der Waals surface area contributed by atoms with Gasteiger partial charge in [-0.05, 0) is 25.7 Å². The number of sulfonamides is 1. The zero-order chi connectivity index (χ0) is 15.3. The molecule has 114 valence electrons. The van der Waals surface area contributed by atoms with Gasteiger partial charge in [-0.3, -0.25) is 4.79 Å². The summed E-state index contributed by atoms with van der Waals surface area (Å²) in [5.41, 5.74) is -0.731. The summed E-state index contributed by atoms with van der Waals surface area (Å²) in [4.78, 5) is 12.1. The summed E-state index contributed by atoms with van der Waals surface area (Å²) in [5, 5.41) is 12.0. The molecule has 0 bridgehead atoms. The van der Waals surface area contributed by atoms with Gasteiger partial charge in [0.2, 0.25) is 15.9 Å². The van der Waals surface area contributed by atoms with Crippen LogP contribution in [0.1, 0.15) is 40.5 Å². The Bertz CT molecular complexity index is 389. The Morgan fingerprint density at radius 2 is 1.89 bits per heavy atom. The second-order valence-corrected chi connectivity index (χ2v) is 7.41. The summed E-state index contributed by atoms with van der Waals surface area (Å²) in [6.45, 7) is 7.20. The molecule has 19 heavy (non-hydrogen) atoms. The Labute approximate surface area is 116 Å². The number of carbonyl (C=O) groups is 1. The number of rotatable bonds is 8. The molecule has 0 aliphatic heterocycles. The molecular weight excluding hydrogens is 268 g/mol. The lowest BCUT2D eigenvalue weighted by Crippen LogP contribution is -2.55. The first kappa shape index (κ1) is 18.3. The van der Waals surface area contributed by atoms with Crippen molar-refractivity contribution in [2.45, 2.75) is 52.1 Å². The quantitative estimate of drug-likeness (QED) is 0.597. The Kier molecular flexibility index (Phi) is 6.96. The van der Waals surface area contributed by atoms with Crippen LogP contribution in [0.5, 0.6) is 0 Å². The zero-order valence-electron chi connectivity index (χ0n) is 12.4. The van der Waals surface area contributed by atoms with Crippen molar-refractivity contribution in [2.75, 3.05) is 12.9 Å². The van der Waals surface area contributed by atoms with Gasteiger partial charge in [-0.15, -0.1) is 0 Å². The first-order valence-electron chi connectivity index (χ1n) is 6.43. The highest BCUT2D eigenvalue weighted by atomic mass is 32.2. The first-order chi connectivity index (χ1) is 8.53. The second kappa shape index (κ2) is 7.21. The van der Waals surface area contributed by atoms with E-state index in [0.29, 0.717) is 12.8 Å². The molecule has 0 aromatic heterocycles. The van der Waals surface area contributed by atoms with Gasteiger partial charge in [-0.25, -0.2) is 13.1 Å². The molecule has 0 saturated heterocycles. The minimum Gasteiger partial charge on any atom is -0.394 e. The molecular formula is C12H26N2O4S. The van der Waals surface area contributed by atoms with Crippen LogP contribution in [0.3, 0.4) is 0 Å². The average Bonchev–Trinajstić information content (AvgIpc) is 2.25. The lowest BCUT2D eigenvalue weighted by Gasteiger charge is -2.30. The lowest BCUT2D eigenvalue weighted by molar-refractivity contribution is -0.125. The number of hydrogen-bond donors (Lipinski definition) is 3. The fourth-order valence-electron chi connectivity index (χ4n) is 1.56. The van der Waals surface area contributed by atoms with Gasteiger partial charge in [0, 0.05) is 0 Å². The van der Waals surface area contributed by atoms with Crippen LogP contribution in [-0.2, 0) is 14.8 Å². The number of aliphatic hydroxyl groups is 1. The van der Waals surface area contributed by atoms with Crippen molar-refractivity contribution < 1.29 is 18.3 Å². The van der Waals surface area contributed by atoms with E-state index in [1.54, 1.807) is 6.92 Å². The SMILES string of the molecule is CCC(C)(CO)NC(=O)C(CC(C)C)NS(C)(=O)=O. The Morgan fingerprint density at radius 3 is 2.21 bits per heavy atom. The molecule has 0 heterocycles. The highest BCUT2D eigenvalue weighted by molar-refractivity contribution is 7.88. The first-order valence-corrected chi connectivity index (χ1v) is 8.32. The molecule has 0 fully saturated rings. The van der Waals surface area contributed by atoms with Crippen molar-refractivity contribution >= 4 is 15.9 Å². The largest absolute Gasteiger partial charge is 0.394 e. The van der Waals surface area contributed by atoms with Crippen LogP contribution in [0, 0.1) is 5.92 Å². The summed E-state index contributed by atoms with van der Waals surface area (Å²) in [6, 6.07) is -0.813. The third kappa shape index (κ3) is 7.49. The molecule has 3 N–H and O–H groups in total. The van der Waals surface area contributed by atoms with E-state index >= 15 is 0 Å². The van der Waals surface area contributed by atoms with Crippen molar-refractivity contribution in [3.8, 4) is 0 Å². The minimum atomic E-state index is -3.46. The summed E-state index contributed by atoms with van der Waals surface area (Å²) in [5.74, 6) is -0.232. The summed E-state index contributed by atoms with van der Waals surface area (Å²) in [6.07, 6.45) is 1.99. The third-order valence-electron chi connectivity index (χ3n) is 2.93. The standard InChI is InChI=1S/C12H26N2O4S/c1-6-12(4,8-15)13-11(16)10(7-9(2)3)14-19(5,17)18/h9-10,14-15H,6-8H2,1-5H3,(H,13,16). The van der Waals surface area contributed by atoms with Gasteiger partial charge in [0.15, 0.2) is 0 Å². The average molecular weight is 294 g/mol. The molecule has 0 aliphatic carbocycles. The van der Waals surface area contributed by atoms with Crippen LogP contribution in [0.2, 0.25) is 0 Å². The van der Waals surface area contributed by atoms with Gasteiger partial charge < -0.3 is 10.4 Å². The number of carbonyl (C=O) groups excluding carboxylic acids is 1. The molecule has 2 atom stereocenters. The maximum absolute atomic E-state index is 12.1. The van der Waals surface area contributed by atoms with E-state index in [-0.39, 0.29) is 12.5 Å². The van der Waals surface area contributed by atoms with Crippen LogP contribution in [-0.4, -0.2) is 43.9 Å². The molecule has 0 aromatic rings. The molecule has 7 heteroatoms. The van der Waals surface area contributed by atoms with Gasteiger partial charge >= 0.3 is 0 Å². The number of hydrogen-bond acceptors (Lipinski definition) is 4. The van der Waals surface area contributed by atoms with E-state index < -0.39 is 27.5 Å². The zero-order valence-corrected chi connectivity index (χ0v) is 13.2. The topological polar surface area (TPSA) is 95.5 Å². The van der Waals surface area contributed by atoms with Gasteiger partial charge in [-0.2, -0.15) is 0 Å². The molecule has 0 saturated carbocycles. The molecule has 1 amide bonds. The molecule has 6 nitrogen and oxygen atoms in total. The molecule has 0 aliphatic rings. The highest BCUT2D eigenvalue weighted by Gasteiger charge is 2.29. The van der Waals surface area contributed by atoms with Gasteiger partial charge in [0.1, 0.15) is 6.04 Å². The lowest BCUT2D eigenvalue weighted by atomic mass is 9.98. The van der Waals surface area contributed by atoms with E-state index in [1.807, 2.05) is 20.8 Å². The number of aliphatic hydroxyl groups excluding tert-OH is 1. The maximum Gasteiger partial charge on any atom is 0.238 e. The van der Waals surface area contributed by atoms with Crippen molar-refractivity contribution in [3.63, 3.8) is 0 Å². The van der Waals surface area contributed by atoms with Crippen molar-refractivity contribution in [1.29, 1.82) is 0 Å². The van der Waals surface area contributed by atoms with Crippen molar-refractivity contribution in [1.82, 2.24) is 10.0 Å². The van der Waals surface area contributed by atoms with E-state index in [4.69, 9.17) is 0 Å². The van der Waals surface area contributed by atoms with Gasteiger partial charge in [0.25, 0.3) is 0 Å². The monoisotopic (exact) mass is 294 g/mol. The van der Waals surface area contributed by atoms with Gasteiger partial charge in [-0.1, -0.05) is 20.8 Å². The smallest absolute Gasteiger partial charge is 0.238 e. The van der Waals surface area contributed by atoms with E-state index in [2.05, 4.69) is 10.0 Å². The minimum absolute atomic E-state index is 0.173. The summed E-state index contributed by atoms with van der Waals surface area (Å²) >= 11 is 0. The van der Waals surface area contributed by atoms with E-state index in [1.165, 1.54) is 0 Å². The predicted octanol–water partition coefficient (Wildman–Crippen LogP) is 0.228. The van der Waals surface area contributed by atoms with Crippen LogP contribution >= 0.6 is 0 Å². The molecule has 0 rings (SSSR count). The van der Waals surface area contributed by atoms with Crippen LogP contribution in [0.25, 0.3) is 0 Å². The molecule has 0 radical (unpaired) electrons. The Morgan fingerprint density at radius 1 is 1.37 bits per heavy atom. The number of amides is 1. The fraction of sp³-hybridized carbons (Fsp3) is 0.917. The normalized spacial score (nSPS) is 17.0.